The van der Waals surface area contributed by atoms with Gasteiger partial charge in [-0.3, -0.25) is 9.48 Å². The van der Waals surface area contributed by atoms with E-state index in [1.807, 2.05) is 0 Å². The van der Waals surface area contributed by atoms with Crippen molar-refractivity contribution in [2.45, 2.75) is 6.42 Å². The Morgan fingerprint density at radius 1 is 1.56 bits per heavy atom. The molecule has 0 fully saturated rings. The van der Waals surface area contributed by atoms with Crippen LogP contribution in [-0.2, 0) is 18.3 Å². The summed E-state index contributed by atoms with van der Waals surface area (Å²) in [7, 11) is 1.66. The maximum Gasteiger partial charge on any atom is 0.309 e. The lowest BCUT2D eigenvalue weighted by molar-refractivity contribution is -0.136. The lowest BCUT2D eigenvalue weighted by atomic mass is 10.0. The Morgan fingerprint density at radius 2 is 2.28 bits per heavy atom. The van der Waals surface area contributed by atoms with Gasteiger partial charge >= 0.3 is 5.97 Å². The number of aryl methyl sites for hydroxylation is 1. The number of benzene rings is 1. The third-order valence-corrected chi connectivity index (χ3v) is 2.90. The fourth-order valence-electron chi connectivity index (χ4n) is 1.72. The first-order chi connectivity index (χ1) is 8.49. The molecule has 0 saturated carbocycles. The van der Waals surface area contributed by atoms with E-state index in [0.717, 1.165) is 0 Å². The molecule has 0 aliphatic carbocycles. The van der Waals surface area contributed by atoms with Crippen molar-refractivity contribution < 1.29 is 14.3 Å². The molecule has 0 bridgehead atoms. The third kappa shape index (κ3) is 2.36. The Balaban J connectivity index is 2.50. The number of halogens is 2. The molecule has 0 amide bonds. The van der Waals surface area contributed by atoms with Gasteiger partial charge in [-0.15, -0.1) is 0 Å². The highest BCUT2D eigenvalue weighted by Gasteiger charge is 2.14. The number of hydrogen-bond donors (Lipinski definition) is 1. The van der Waals surface area contributed by atoms with Gasteiger partial charge in [-0.1, -0.05) is 17.7 Å². The zero-order valence-electron chi connectivity index (χ0n) is 9.52. The summed E-state index contributed by atoms with van der Waals surface area (Å²) in [5.41, 5.74) is 1.83. The molecule has 0 saturated heterocycles. The van der Waals surface area contributed by atoms with Gasteiger partial charge in [0.1, 0.15) is 5.82 Å². The number of aromatic nitrogens is 2. The maximum absolute atomic E-state index is 13.1. The van der Waals surface area contributed by atoms with E-state index < -0.39 is 11.8 Å². The first-order valence-corrected chi connectivity index (χ1v) is 5.55. The van der Waals surface area contributed by atoms with E-state index in [1.54, 1.807) is 19.3 Å². The molecule has 94 valence electrons. The van der Waals surface area contributed by atoms with Gasteiger partial charge in [0.15, 0.2) is 0 Å². The summed E-state index contributed by atoms with van der Waals surface area (Å²) < 4.78 is 14.6. The Bertz CT molecular complexity index is 610. The van der Waals surface area contributed by atoms with E-state index in [-0.39, 0.29) is 11.4 Å². The smallest absolute Gasteiger partial charge is 0.309 e. The van der Waals surface area contributed by atoms with Gasteiger partial charge in [0.2, 0.25) is 0 Å². The van der Waals surface area contributed by atoms with Gasteiger partial charge < -0.3 is 5.11 Å². The molecule has 1 aromatic carbocycles. The predicted molar refractivity (Wildman–Crippen MR) is 65.0 cm³/mol. The Labute approximate surface area is 108 Å². The highest BCUT2D eigenvalue weighted by molar-refractivity contribution is 6.31. The van der Waals surface area contributed by atoms with Crippen molar-refractivity contribution >= 4 is 17.6 Å². The second-order valence-electron chi connectivity index (χ2n) is 3.83. The van der Waals surface area contributed by atoms with Crippen molar-refractivity contribution in [3.63, 3.8) is 0 Å². The van der Waals surface area contributed by atoms with Crippen LogP contribution in [0.5, 0.6) is 0 Å². The number of aliphatic carboxylic acids is 1. The average Bonchev–Trinajstić information content (AvgIpc) is 2.64. The molecule has 0 spiro atoms. The summed E-state index contributed by atoms with van der Waals surface area (Å²) in [5.74, 6) is -1.46. The van der Waals surface area contributed by atoms with Gasteiger partial charge in [-0.05, 0) is 17.7 Å². The molecule has 0 unspecified atom stereocenters. The molecule has 18 heavy (non-hydrogen) atoms. The fraction of sp³-hybridized carbons (Fsp3) is 0.167. The first-order valence-electron chi connectivity index (χ1n) is 5.17. The summed E-state index contributed by atoms with van der Waals surface area (Å²) in [5, 5.41) is 12.9. The standard InChI is InChI=1S/C12H10ClFN2O2/c1-16-11(5-12(17)18)8(6-15-16)7-2-3-10(14)9(13)4-7/h2-4,6H,5H2,1H3,(H,17,18). The summed E-state index contributed by atoms with van der Waals surface area (Å²) in [4.78, 5) is 10.8. The fourth-order valence-corrected chi connectivity index (χ4v) is 1.90. The molecule has 0 aliphatic rings. The van der Waals surface area contributed by atoms with Crippen molar-refractivity contribution in [2.24, 2.45) is 7.05 Å². The Hall–Kier alpha value is -1.88. The lowest BCUT2D eigenvalue weighted by Gasteiger charge is -2.05. The normalized spacial score (nSPS) is 10.6. The predicted octanol–water partition coefficient (Wildman–Crippen LogP) is 2.51. The van der Waals surface area contributed by atoms with Crippen LogP contribution in [0.2, 0.25) is 5.02 Å². The molecule has 1 N–H and O–H groups in total. The van der Waals surface area contributed by atoms with E-state index in [0.29, 0.717) is 16.8 Å². The number of rotatable bonds is 3. The average molecular weight is 269 g/mol. The molecule has 2 rings (SSSR count). The van der Waals surface area contributed by atoms with Gasteiger partial charge in [-0.25, -0.2) is 4.39 Å². The van der Waals surface area contributed by atoms with Crippen LogP contribution in [0.15, 0.2) is 24.4 Å². The number of carbonyl (C=O) groups is 1. The van der Waals surface area contributed by atoms with Crippen LogP contribution >= 0.6 is 11.6 Å². The van der Waals surface area contributed by atoms with Crippen molar-refractivity contribution in [1.29, 1.82) is 0 Å². The van der Waals surface area contributed by atoms with E-state index >= 15 is 0 Å². The summed E-state index contributed by atoms with van der Waals surface area (Å²) >= 11 is 5.71. The highest BCUT2D eigenvalue weighted by Crippen LogP contribution is 2.27. The van der Waals surface area contributed by atoms with E-state index in [4.69, 9.17) is 16.7 Å². The largest absolute Gasteiger partial charge is 0.481 e. The third-order valence-electron chi connectivity index (χ3n) is 2.61. The molecule has 1 aromatic heterocycles. The monoisotopic (exact) mass is 268 g/mol. The van der Waals surface area contributed by atoms with Crippen LogP contribution in [0.3, 0.4) is 0 Å². The zero-order chi connectivity index (χ0) is 13.3. The number of carboxylic acid groups (broad SMARTS) is 1. The second kappa shape index (κ2) is 4.78. The van der Waals surface area contributed by atoms with Gasteiger partial charge in [0, 0.05) is 12.6 Å². The molecule has 2 aromatic rings. The van der Waals surface area contributed by atoms with Crippen LogP contribution in [0.4, 0.5) is 4.39 Å². The Kier molecular flexibility index (Phi) is 3.34. The number of hydrogen-bond acceptors (Lipinski definition) is 2. The Morgan fingerprint density at radius 3 is 2.89 bits per heavy atom. The van der Waals surface area contributed by atoms with Crippen LogP contribution in [0.1, 0.15) is 5.69 Å². The summed E-state index contributed by atoms with van der Waals surface area (Å²) in [6.07, 6.45) is 1.39. The van der Waals surface area contributed by atoms with Gasteiger partial charge in [-0.2, -0.15) is 5.10 Å². The summed E-state index contributed by atoms with van der Waals surface area (Å²) in [6, 6.07) is 4.25. The van der Waals surface area contributed by atoms with Crippen molar-refractivity contribution in [3.05, 3.63) is 40.9 Å². The second-order valence-corrected chi connectivity index (χ2v) is 4.24. The van der Waals surface area contributed by atoms with Crippen LogP contribution in [-0.4, -0.2) is 20.9 Å². The minimum absolute atomic E-state index is 0.00220. The SMILES string of the molecule is Cn1ncc(-c2ccc(F)c(Cl)c2)c1CC(=O)O. The van der Waals surface area contributed by atoms with E-state index in [2.05, 4.69) is 5.10 Å². The van der Waals surface area contributed by atoms with E-state index in [1.165, 1.54) is 16.8 Å². The maximum atomic E-state index is 13.1. The van der Waals surface area contributed by atoms with Crippen LogP contribution < -0.4 is 0 Å². The highest BCUT2D eigenvalue weighted by atomic mass is 35.5. The molecule has 0 radical (unpaired) electrons. The van der Waals surface area contributed by atoms with Gasteiger partial charge in [0.05, 0.1) is 23.3 Å². The summed E-state index contributed by atoms with van der Waals surface area (Å²) in [6.45, 7) is 0. The quantitative estimate of drug-likeness (QED) is 0.931. The molecule has 1 heterocycles. The van der Waals surface area contributed by atoms with Crippen LogP contribution in [0.25, 0.3) is 11.1 Å². The topological polar surface area (TPSA) is 55.1 Å². The van der Waals surface area contributed by atoms with Gasteiger partial charge in [0.25, 0.3) is 0 Å². The lowest BCUT2D eigenvalue weighted by Crippen LogP contribution is -2.07. The molecule has 4 nitrogen and oxygen atoms in total. The first kappa shape index (κ1) is 12.6. The molecule has 0 atom stereocenters. The van der Waals surface area contributed by atoms with E-state index in [9.17, 15) is 9.18 Å². The van der Waals surface area contributed by atoms with Crippen molar-refractivity contribution in [1.82, 2.24) is 9.78 Å². The minimum Gasteiger partial charge on any atom is -0.481 e. The molecular weight excluding hydrogens is 259 g/mol. The zero-order valence-corrected chi connectivity index (χ0v) is 10.3. The van der Waals surface area contributed by atoms with Crippen molar-refractivity contribution in [2.75, 3.05) is 0 Å². The minimum atomic E-state index is -0.951. The number of nitrogens with zero attached hydrogens (tertiary/aromatic N) is 2. The molecule has 0 aliphatic heterocycles. The van der Waals surface area contributed by atoms with Crippen molar-refractivity contribution in [3.8, 4) is 11.1 Å². The number of carboxylic acids is 1. The molecule has 6 heteroatoms. The molecular formula is C12H10ClFN2O2. The van der Waals surface area contributed by atoms with Crippen LogP contribution in [0, 0.1) is 5.82 Å².